The molecule has 2 aliphatic rings. The number of rotatable bonds is 6. The minimum absolute atomic E-state index is 0.0355. The molecule has 3 rings (SSSR count). The molecule has 0 saturated carbocycles. The number of hydrogen-bond acceptors (Lipinski definition) is 3. The van der Waals surface area contributed by atoms with Crippen LogP contribution < -0.4 is 11.1 Å². The molecule has 2 bridgehead atoms. The third kappa shape index (κ3) is 3.29. The van der Waals surface area contributed by atoms with Crippen molar-refractivity contribution in [3.05, 3.63) is 35.6 Å². The highest BCUT2D eigenvalue weighted by Gasteiger charge is 2.53. The normalized spacial score (nSPS) is 29.4. The highest BCUT2D eigenvalue weighted by molar-refractivity contribution is 5.84. The number of carbonyl (C=O) groups is 2. The van der Waals surface area contributed by atoms with Crippen LogP contribution in [0.5, 0.6) is 0 Å². The van der Waals surface area contributed by atoms with Crippen LogP contribution >= 0.6 is 0 Å². The topological polar surface area (TPSA) is 81.4 Å². The largest absolute Gasteiger partial charge is 0.374 e. The highest BCUT2D eigenvalue weighted by Crippen LogP contribution is 2.47. The average molecular weight is 334 g/mol. The molecule has 2 aliphatic heterocycles. The van der Waals surface area contributed by atoms with Gasteiger partial charge in [-0.3, -0.25) is 9.59 Å². The molecule has 0 aliphatic carbocycles. The Balaban J connectivity index is 1.59. The van der Waals surface area contributed by atoms with Gasteiger partial charge in [0.05, 0.1) is 23.5 Å². The third-order valence-electron chi connectivity index (χ3n) is 5.30. The van der Waals surface area contributed by atoms with E-state index in [1.165, 1.54) is 12.1 Å². The van der Waals surface area contributed by atoms with Gasteiger partial charge in [0.2, 0.25) is 11.8 Å². The maximum Gasteiger partial charge on any atom is 0.228 e. The number of hydrogen-bond donors (Lipinski definition) is 2. The Morgan fingerprint density at radius 1 is 1.38 bits per heavy atom. The lowest BCUT2D eigenvalue weighted by Gasteiger charge is -2.30. The zero-order valence-corrected chi connectivity index (χ0v) is 13.8. The first-order chi connectivity index (χ1) is 11.4. The number of ether oxygens (including phenoxy) is 1. The fraction of sp³-hybridized carbons (Fsp3) is 0.556. The van der Waals surface area contributed by atoms with Crippen molar-refractivity contribution in [3.63, 3.8) is 0 Å². The summed E-state index contributed by atoms with van der Waals surface area (Å²) in [5.41, 5.74) is 5.74. The number of halogens is 1. The second kappa shape index (κ2) is 6.51. The quantitative estimate of drug-likeness (QED) is 0.828. The van der Waals surface area contributed by atoms with Gasteiger partial charge < -0.3 is 15.8 Å². The summed E-state index contributed by atoms with van der Waals surface area (Å²) >= 11 is 0. The first-order valence-corrected chi connectivity index (χ1v) is 8.36. The Bertz CT molecular complexity index is 634. The second-order valence-electron chi connectivity index (χ2n) is 7.09. The molecule has 6 heteroatoms. The Labute approximate surface area is 140 Å². The molecule has 1 aromatic carbocycles. The van der Waals surface area contributed by atoms with Crippen molar-refractivity contribution < 1.29 is 18.7 Å². The predicted octanol–water partition coefficient (Wildman–Crippen LogP) is 1.54. The van der Waals surface area contributed by atoms with E-state index in [4.69, 9.17) is 10.5 Å². The Morgan fingerprint density at radius 2 is 2.08 bits per heavy atom. The number of benzene rings is 1. The summed E-state index contributed by atoms with van der Waals surface area (Å²) in [7, 11) is 0. The number of fused-ring (bicyclic) bond motifs is 2. The monoisotopic (exact) mass is 334 g/mol. The van der Waals surface area contributed by atoms with Gasteiger partial charge in [0, 0.05) is 6.54 Å². The van der Waals surface area contributed by atoms with Crippen molar-refractivity contribution in [2.24, 2.45) is 17.1 Å². The van der Waals surface area contributed by atoms with Crippen LogP contribution in [0.4, 0.5) is 4.39 Å². The van der Waals surface area contributed by atoms with Crippen molar-refractivity contribution in [1.82, 2.24) is 5.32 Å². The van der Waals surface area contributed by atoms with Crippen LogP contribution in [0.25, 0.3) is 0 Å². The Hall–Kier alpha value is -1.95. The van der Waals surface area contributed by atoms with Crippen molar-refractivity contribution in [3.8, 4) is 0 Å². The molecular formula is C18H23FN2O3. The molecule has 0 aromatic heterocycles. The van der Waals surface area contributed by atoms with Gasteiger partial charge in [-0.2, -0.15) is 0 Å². The Kier molecular flexibility index (Phi) is 4.58. The van der Waals surface area contributed by atoms with Gasteiger partial charge >= 0.3 is 0 Å². The first-order valence-electron chi connectivity index (χ1n) is 8.36. The van der Waals surface area contributed by atoms with Crippen LogP contribution in [-0.2, 0) is 20.7 Å². The zero-order valence-electron chi connectivity index (χ0n) is 13.8. The van der Waals surface area contributed by atoms with Gasteiger partial charge in [-0.15, -0.1) is 0 Å². The first kappa shape index (κ1) is 16.9. The summed E-state index contributed by atoms with van der Waals surface area (Å²) in [6.07, 6.45) is 3.16. The van der Waals surface area contributed by atoms with E-state index in [2.05, 4.69) is 5.32 Å². The summed E-state index contributed by atoms with van der Waals surface area (Å²) in [4.78, 5) is 24.3. The lowest BCUT2D eigenvalue weighted by molar-refractivity contribution is -0.133. The molecule has 4 atom stereocenters. The minimum atomic E-state index is -0.527. The lowest BCUT2D eigenvalue weighted by atomic mass is 9.75. The van der Waals surface area contributed by atoms with Crippen molar-refractivity contribution >= 4 is 11.8 Å². The van der Waals surface area contributed by atoms with E-state index in [-0.39, 0.29) is 30.5 Å². The van der Waals surface area contributed by atoms with Gasteiger partial charge in [0.1, 0.15) is 5.82 Å². The maximum absolute atomic E-state index is 13.0. The van der Waals surface area contributed by atoms with Gasteiger partial charge in [-0.05, 0) is 50.3 Å². The molecule has 3 N–H and O–H groups in total. The van der Waals surface area contributed by atoms with E-state index in [1.807, 2.05) is 6.92 Å². The fourth-order valence-electron chi connectivity index (χ4n) is 3.76. The van der Waals surface area contributed by atoms with Crippen LogP contribution in [0.3, 0.4) is 0 Å². The van der Waals surface area contributed by atoms with Crippen LogP contribution in [0.2, 0.25) is 0 Å². The van der Waals surface area contributed by atoms with E-state index in [0.29, 0.717) is 6.42 Å². The molecule has 2 fully saturated rings. The summed E-state index contributed by atoms with van der Waals surface area (Å²) in [6, 6.07) is 5.94. The second-order valence-corrected chi connectivity index (χ2v) is 7.09. The van der Waals surface area contributed by atoms with E-state index in [1.54, 1.807) is 12.1 Å². The highest BCUT2D eigenvalue weighted by atomic mass is 19.1. The average Bonchev–Trinajstić information content (AvgIpc) is 3.13. The number of nitrogens with two attached hydrogens (primary N) is 1. The predicted molar refractivity (Wildman–Crippen MR) is 86.4 cm³/mol. The minimum Gasteiger partial charge on any atom is -0.374 e. The SMILES string of the molecule is CC1(C(=O)NCC(Cc2ccc(F)cc2)C(N)=O)CC2CCC1O2. The van der Waals surface area contributed by atoms with Gasteiger partial charge in [-0.25, -0.2) is 4.39 Å². The van der Waals surface area contributed by atoms with Crippen molar-refractivity contribution in [2.75, 3.05) is 6.54 Å². The molecule has 1 aromatic rings. The van der Waals surface area contributed by atoms with Gasteiger partial charge in [0.25, 0.3) is 0 Å². The summed E-state index contributed by atoms with van der Waals surface area (Å²) in [6.45, 7) is 2.10. The zero-order chi connectivity index (χ0) is 17.3. The van der Waals surface area contributed by atoms with E-state index < -0.39 is 17.2 Å². The molecule has 2 amide bonds. The smallest absolute Gasteiger partial charge is 0.228 e. The molecular weight excluding hydrogens is 311 g/mol. The lowest BCUT2D eigenvalue weighted by Crippen LogP contribution is -2.47. The number of carbonyl (C=O) groups excluding carboxylic acids is 2. The molecule has 5 nitrogen and oxygen atoms in total. The standard InChI is InChI=1S/C18H23FN2O3/c1-18(9-14-6-7-15(18)24-14)17(23)21-10-12(16(20)22)8-11-2-4-13(19)5-3-11/h2-5,12,14-15H,6-10H2,1H3,(H2,20,22)(H,21,23). The number of primary amides is 1. The summed E-state index contributed by atoms with van der Waals surface area (Å²) in [5.74, 6) is -1.41. The summed E-state index contributed by atoms with van der Waals surface area (Å²) < 4.78 is 18.7. The molecule has 4 unspecified atom stereocenters. The number of amides is 2. The van der Waals surface area contributed by atoms with Gasteiger partial charge in [-0.1, -0.05) is 12.1 Å². The molecule has 2 saturated heterocycles. The summed E-state index contributed by atoms with van der Waals surface area (Å²) in [5, 5.41) is 2.87. The van der Waals surface area contributed by atoms with E-state index in [0.717, 1.165) is 24.8 Å². The Morgan fingerprint density at radius 3 is 2.62 bits per heavy atom. The molecule has 24 heavy (non-hydrogen) atoms. The van der Waals surface area contributed by atoms with Crippen LogP contribution in [0, 0.1) is 17.2 Å². The van der Waals surface area contributed by atoms with Crippen LogP contribution in [0.1, 0.15) is 31.7 Å². The molecule has 2 heterocycles. The molecule has 0 spiro atoms. The van der Waals surface area contributed by atoms with Crippen LogP contribution in [-0.4, -0.2) is 30.6 Å². The maximum atomic E-state index is 13.0. The fourth-order valence-corrected chi connectivity index (χ4v) is 3.76. The van der Waals surface area contributed by atoms with Crippen LogP contribution in [0.15, 0.2) is 24.3 Å². The van der Waals surface area contributed by atoms with E-state index >= 15 is 0 Å². The number of nitrogens with one attached hydrogen (secondary N) is 1. The van der Waals surface area contributed by atoms with E-state index in [9.17, 15) is 14.0 Å². The van der Waals surface area contributed by atoms with Crippen molar-refractivity contribution in [1.29, 1.82) is 0 Å². The van der Waals surface area contributed by atoms with Crippen molar-refractivity contribution in [2.45, 2.75) is 44.8 Å². The molecule has 0 radical (unpaired) electrons. The molecule has 130 valence electrons. The third-order valence-corrected chi connectivity index (χ3v) is 5.30. The van der Waals surface area contributed by atoms with Gasteiger partial charge in [0.15, 0.2) is 0 Å².